The SMILES string of the molecule is CC(C)C(NC(=O)CC(N)N)C(=O)O.O=C1C=CC(=O)N1. The van der Waals surface area contributed by atoms with Crippen molar-refractivity contribution in [2.45, 2.75) is 32.5 Å². The number of carbonyl (C=O) groups excluding carboxylic acids is 3. The molecule has 1 heterocycles. The number of carbonyl (C=O) groups is 4. The number of carboxylic acid groups (broad SMARTS) is 1. The van der Waals surface area contributed by atoms with E-state index in [4.69, 9.17) is 16.6 Å². The minimum Gasteiger partial charge on any atom is -0.480 e. The first-order valence-corrected chi connectivity index (χ1v) is 6.19. The Bertz CT molecular complexity index is 429. The molecule has 1 aliphatic rings. The zero-order valence-corrected chi connectivity index (χ0v) is 11.8. The molecule has 1 rings (SSSR count). The Labute approximate surface area is 121 Å². The van der Waals surface area contributed by atoms with E-state index in [9.17, 15) is 19.2 Å². The second-order valence-electron chi connectivity index (χ2n) is 4.68. The van der Waals surface area contributed by atoms with E-state index in [1.54, 1.807) is 13.8 Å². The maximum atomic E-state index is 11.1. The second kappa shape index (κ2) is 8.82. The second-order valence-corrected chi connectivity index (χ2v) is 4.68. The van der Waals surface area contributed by atoms with Crippen LogP contribution in [0.1, 0.15) is 20.3 Å². The lowest BCUT2D eigenvalue weighted by Gasteiger charge is -2.18. The van der Waals surface area contributed by atoms with Crippen molar-refractivity contribution in [1.82, 2.24) is 10.6 Å². The van der Waals surface area contributed by atoms with E-state index in [0.717, 1.165) is 0 Å². The van der Waals surface area contributed by atoms with Gasteiger partial charge in [-0.1, -0.05) is 13.8 Å². The number of amides is 3. The molecule has 0 radical (unpaired) electrons. The number of rotatable bonds is 5. The smallest absolute Gasteiger partial charge is 0.326 e. The van der Waals surface area contributed by atoms with Crippen molar-refractivity contribution >= 4 is 23.7 Å². The standard InChI is InChI=1S/C8H17N3O3.C4H3NO2/c1-4(2)7(8(13)14)11-6(12)3-5(9)10;6-3-1-2-4(7)5-3/h4-5,7H,3,9-10H2,1-2H3,(H,11,12)(H,13,14);1-2H,(H,5,6,7). The van der Waals surface area contributed by atoms with Gasteiger partial charge in [0, 0.05) is 12.2 Å². The molecule has 1 unspecified atom stereocenters. The molecule has 0 aromatic carbocycles. The van der Waals surface area contributed by atoms with Crippen molar-refractivity contribution in [2.75, 3.05) is 0 Å². The highest BCUT2D eigenvalue weighted by molar-refractivity contribution is 6.12. The van der Waals surface area contributed by atoms with Crippen molar-refractivity contribution in [1.29, 1.82) is 0 Å². The number of aliphatic carboxylic acids is 1. The molecule has 0 bridgehead atoms. The average Bonchev–Trinajstić information content (AvgIpc) is 2.69. The fraction of sp³-hybridized carbons (Fsp3) is 0.500. The average molecular weight is 300 g/mol. The van der Waals surface area contributed by atoms with Crippen LogP contribution in [0.4, 0.5) is 0 Å². The summed E-state index contributed by atoms with van der Waals surface area (Å²) in [5.41, 5.74) is 10.4. The lowest BCUT2D eigenvalue weighted by atomic mass is 10.0. The zero-order chi connectivity index (χ0) is 16.6. The summed E-state index contributed by atoms with van der Waals surface area (Å²) in [5, 5.41) is 13.1. The molecule has 21 heavy (non-hydrogen) atoms. The summed E-state index contributed by atoms with van der Waals surface area (Å²) in [6.07, 6.45) is 1.57. The largest absolute Gasteiger partial charge is 0.480 e. The van der Waals surface area contributed by atoms with Gasteiger partial charge in [-0.3, -0.25) is 19.7 Å². The molecule has 0 aliphatic carbocycles. The summed E-state index contributed by atoms with van der Waals surface area (Å²) in [4.78, 5) is 41.9. The summed E-state index contributed by atoms with van der Waals surface area (Å²) in [7, 11) is 0. The van der Waals surface area contributed by atoms with Crippen LogP contribution < -0.4 is 22.1 Å². The first-order valence-electron chi connectivity index (χ1n) is 6.19. The maximum Gasteiger partial charge on any atom is 0.326 e. The molecule has 9 heteroatoms. The third-order valence-electron chi connectivity index (χ3n) is 2.30. The van der Waals surface area contributed by atoms with Crippen LogP contribution in [0.5, 0.6) is 0 Å². The summed E-state index contributed by atoms with van der Waals surface area (Å²) < 4.78 is 0. The van der Waals surface area contributed by atoms with E-state index >= 15 is 0 Å². The molecule has 0 saturated heterocycles. The minimum atomic E-state index is -1.06. The van der Waals surface area contributed by atoms with Crippen molar-refractivity contribution in [3.63, 3.8) is 0 Å². The molecule has 0 aromatic heterocycles. The molecule has 1 atom stereocenters. The van der Waals surface area contributed by atoms with Gasteiger partial charge in [0.2, 0.25) is 5.91 Å². The van der Waals surface area contributed by atoms with Crippen LogP contribution in [0.15, 0.2) is 12.2 Å². The highest BCUT2D eigenvalue weighted by Crippen LogP contribution is 2.01. The number of hydrogen-bond donors (Lipinski definition) is 5. The Morgan fingerprint density at radius 3 is 1.95 bits per heavy atom. The van der Waals surface area contributed by atoms with E-state index in [1.807, 2.05) is 5.32 Å². The first-order chi connectivity index (χ1) is 9.63. The predicted molar refractivity (Wildman–Crippen MR) is 73.5 cm³/mol. The summed E-state index contributed by atoms with van der Waals surface area (Å²) in [6, 6.07) is -0.888. The van der Waals surface area contributed by atoms with Gasteiger partial charge in [-0.05, 0) is 5.92 Å². The Morgan fingerprint density at radius 2 is 1.71 bits per heavy atom. The van der Waals surface area contributed by atoms with Gasteiger partial charge in [0.1, 0.15) is 6.04 Å². The topological polar surface area (TPSA) is 165 Å². The Kier molecular flexibility index (Phi) is 7.87. The fourth-order valence-electron chi connectivity index (χ4n) is 1.32. The van der Waals surface area contributed by atoms with E-state index in [2.05, 4.69) is 5.32 Å². The number of carboxylic acids is 1. The van der Waals surface area contributed by atoms with E-state index < -0.39 is 24.1 Å². The molecule has 7 N–H and O–H groups in total. The predicted octanol–water partition coefficient (Wildman–Crippen LogP) is -1.96. The highest BCUT2D eigenvalue weighted by Gasteiger charge is 2.23. The van der Waals surface area contributed by atoms with Gasteiger partial charge in [-0.2, -0.15) is 0 Å². The van der Waals surface area contributed by atoms with Crippen LogP contribution in [0.3, 0.4) is 0 Å². The van der Waals surface area contributed by atoms with Crippen molar-refractivity contribution < 1.29 is 24.3 Å². The number of hydrogen-bond acceptors (Lipinski definition) is 6. The normalized spacial score (nSPS) is 14.6. The molecule has 0 fully saturated rings. The van der Waals surface area contributed by atoms with E-state index in [0.29, 0.717) is 0 Å². The third kappa shape index (κ3) is 8.50. The molecule has 3 amide bonds. The summed E-state index contributed by atoms with van der Waals surface area (Å²) in [5.74, 6) is -2.33. The van der Waals surface area contributed by atoms with Gasteiger partial charge in [-0.25, -0.2) is 4.79 Å². The lowest BCUT2D eigenvalue weighted by molar-refractivity contribution is -0.143. The van der Waals surface area contributed by atoms with Crippen LogP contribution in [0.2, 0.25) is 0 Å². The third-order valence-corrected chi connectivity index (χ3v) is 2.30. The highest BCUT2D eigenvalue weighted by atomic mass is 16.4. The van der Waals surface area contributed by atoms with E-state index in [-0.39, 0.29) is 24.2 Å². The molecular formula is C12H20N4O5. The van der Waals surface area contributed by atoms with Crippen LogP contribution in [-0.4, -0.2) is 41.0 Å². The first kappa shape index (κ1) is 18.7. The Hall–Kier alpha value is -2.26. The van der Waals surface area contributed by atoms with Gasteiger partial charge in [0.25, 0.3) is 11.8 Å². The fourth-order valence-corrected chi connectivity index (χ4v) is 1.32. The van der Waals surface area contributed by atoms with Crippen LogP contribution >= 0.6 is 0 Å². The molecule has 9 nitrogen and oxygen atoms in total. The molecular weight excluding hydrogens is 280 g/mol. The van der Waals surface area contributed by atoms with Crippen LogP contribution in [0, 0.1) is 5.92 Å². The van der Waals surface area contributed by atoms with Crippen LogP contribution in [0.25, 0.3) is 0 Å². The molecule has 0 aromatic rings. The monoisotopic (exact) mass is 300 g/mol. The van der Waals surface area contributed by atoms with Gasteiger partial charge in [0.05, 0.1) is 12.6 Å². The minimum absolute atomic E-state index is 0.0729. The molecule has 118 valence electrons. The summed E-state index contributed by atoms with van der Waals surface area (Å²) >= 11 is 0. The van der Waals surface area contributed by atoms with E-state index in [1.165, 1.54) is 12.2 Å². The number of nitrogens with one attached hydrogen (secondary N) is 2. The molecule has 1 aliphatic heterocycles. The van der Waals surface area contributed by atoms with Gasteiger partial charge in [-0.15, -0.1) is 0 Å². The van der Waals surface area contributed by atoms with Gasteiger partial charge >= 0.3 is 5.97 Å². The van der Waals surface area contributed by atoms with Gasteiger partial charge in [0.15, 0.2) is 0 Å². The van der Waals surface area contributed by atoms with Crippen molar-refractivity contribution in [2.24, 2.45) is 17.4 Å². The van der Waals surface area contributed by atoms with Gasteiger partial charge < -0.3 is 21.9 Å². The van der Waals surface area contributed by atoms with Crippen molar-refractivity contribution in [3.05, 3.63) is 12.2 Å². The maximum absolute atomic E-state index is 11.1. The molecule has 0 spiro atoms. The number of imide groups is 1. The Balaban J connectivity index is 0.000000471. The zero-order valence-electron chi connectivity index (χ0n) is 11.8. The van der Waals surface area contributed by atoms with Crippen LogP contribution in [-0.2, 0) is 19.2 Å². The van der Waals surface area contributed by atoms with Crippen molar-refractivity contribution in [3.8, 4) is 0 Å². The number of nitrogens with two attached hydrogens (primary N) is 2. The molecule has 0 saturated carbocycles. The lowest BCUT2D eigenvalue weighted by Crippen LogP contribution is -2.47. The quantitative estimate of drug-likeness (QED) is 0.290. The summed E-state index contributed by atoms with van der Waals surface area (Å²) in [6.45, 7) is 3.42. The Morgan fingerprint density at radius 1 is 1.24 bits per heavy atom.